The topological polar surface area (TPSA) is 59.4 Å². The van der Waals surface area contributed by atoms with Gasteiger partial charge in [0.15, 0.2) is 0 Å². The van der Waals surface area contributed by atoms with Crippen molar-refractivity contribution in [3.05, 3.63) is 59.9 Å². The Morgan fingerprint density at radius 3 is 2.53 bits per heavy atom. The second-order valence-electron chi connectivity index (χ2n) is 4.20. The molecule has 4 heteroatoms. The largest absolute Gasteiger partial charge is 0.495 e. The number of aliphatic carboxylic acids is 1. The van der Waals surface area contributed by atoms with Gasteiger partial charge < -0.3 is 9.84 Å². The summed E-state index contributed by atoms with van der Waals surface area (Å²) in [7, 11) is 1.55. The SMILES string of the molecule is COc1ccc(C(Cc2ccccc2)C(=O)O)nc1. The van der Waals surface area contributed by atoms with Crippen LogP contribution in [0.4, 0.5) is 0 Å². The number of ether oxygens (including phenoxy) is 1. The van der Waals surface area contributed by atoms with Crippen molar-refractivity contribution < 1.29 is 14.6 Å². The highest BCUT2D eigenvalue weighted by Crippen LogP contribution is 2.21. The quantitative estimate of drug-likeness (QED) is 0.894. The second-order valence-corrected chi connectivity index (χ2v) is 4.20. The molecule has 0 bridgehead atoms. The number of carbonyl (C=O) groups is 1. The number of nitrogens with zero attached hydrogens (tertiary/aromatic N) is 1. The summed E-state index contributed by atoms with van der Waals surface area (Å²) in [5.74, 6) is -0.901. The highest BCUT2D eigenvalue weighted by Gasteiger charge is 2.21. The fourth-order valence-corrected chi connectivity index (χ4v) is 1.89. The van der Waals surface area contributed by atoms with E-state index >= 15 is 0 Å². The molecule has 0 saturated carbocycles. The standard InChI is InChI=1S/C15H15NO3/c1-19-12-7-8-14(16-10-12)13(15(17)18)9-11-5-3-2-4-6-11/h2-8,10,13H,9H2,1H3,(H,17,18). The lowest BCUT2D eigenvalue weighted by atomic mass is 9.96. The van der Waals surface area contributed by atoms with Crippen molar-refractivity contribution in [3.8, 4) is 5.75 Å². The second kappa shape index (κ2) is 6.00. The van der Waals surface area contributed by atoms with Gasteiger partial charge in [0, 0.05) is 0 Å². The Bertz CT molecular complexity index is 537. The van der Waals surface area contributed by atoms with Crippen LogP contribution in [-0.4, -0.2) is 23.2 Å². The highest BCUT2D eigenvalue weighted by molar-refractivity contribution is 5.75. The number of methoxy groups -OCH3 is 1. The predicted octanol–water partition coefficient (Wildman–Crippen LogP) is 2.50. The van der Waals surface area contributed by atoms with Gasteiger partial charge in [-0.25, -0.2) is 0 Å². The molecule has 0 fully saturated rings. The molecule has 0 radical (unpaired) electrons. The summed E-state index contributed by atoms with van der Waals surface area (Å²) in [5, 5.41) is 9.34. The maximum absolute atomic E-state index is 11.4. The van der Waals surface area contributed by atoms with Crippen LogP contribution in [-0.2, 0) is 11.2 Å². The molecule has 1 atom stereocenters. The average Bonchev–Trinajstić information content (AvgIpc) is 2.46. The van der Waals surface area contributed by atoms with Gasteiger partial charge in [-0.15, -0.1) is 0 Å². The van der Waals surface area contributed by atoms with Crippen molar-refractivity contribution in [1.29, 1.82) is 0 Å². The van der Waals surface area contributed by atoms with Crippen LogP contribution in [0.1, 0.15) is 17.2 Å². The molecule has 2 aromatic rings. The van der Waals surface area contributed by atoms with Crippen molar-refractivity contribution >= 4 is 5.97 Å². The fraction of sp³-hybridized carbons (Fsp3) is 0.200. The monoisotopic (exact) mass is 257 g/mol. The molecule has 1 heterocycles. The van der Waals surface area contributed by atoms with Crippen LogP contribution in [0.5, 0.6) is 5.75 Å². The number of hydrogen-bond acceptors (Lipinski definition) is 3. The van der Waals surface area contributed by atoms with Gasteiger partial charge in [-0.3, -0.25) is 9.78 Å². The smallest absolute Gasteiger partial charge is 0.312 e. The number of pyridine rings is 1. The molecule has 0 amide bonds. The van der Waals surface area contributed by atoms with E-state index in [1.165, 1.54) is 6.20 Å². The molecule has 1 unspecified atom stereocenters. The number of carboxylic acids is 1. The molecule has 98 valence electrons. The lowest BCUT2D eigenvalue weighted by molar-refractivity contribution is -0.138. The molecule has 0 aliphatic carbocycles. The minimum Gasteiger partial charge on any atom is -0.495 e. The zero-order valence-corrected chi connectivity index (χ0v) is 10.6. The summed E-state index contributed by atoms with van der Waals surface area (Å²) in [4.78, 5) is 15.5. The normalized spacial score (nSPS) is 11.8. The first-order valence-electron chi connectivity index (χ1n) is 5.97. The molecular weight excluding hydrogens is 242 g/mol. The fourth-order valence-electron chi connectivity index (χ4n) is 1.89. The van der Waals surface area contributed by atoms with Gasteiger partial charge in [-0.1, -0.05) is 30.3 Å². The molecule has 1 aromatic heterocycles. The maximum atomic E-state index is 11.4. The average molecular weight is 257 g/mol. The Kier molecular flexibility index (Phi) is 4.13. The summed E-state index contributed by atoms with van der Waals surface area (Å²) in [6, 6.07) is 13.0. The van der Waals surface area contributed by atoms with Crippen LogP contribution in [0.15, 0.2) is 48.7 Å². The van der Waals surface area contributed by atoms with Gasteiger partial charge in [0.25, 0.3) is 0 Å². The predicted molar refractivity (Wildman–Crippen MR) is 71.3 cm³/mol. The zero-order chi connectivity index (χ0) is 13.7. The summed E-state index contributed by atoms with van der Waals surface area (Å²) in [6.07, 6.45) is 1.96. The van der Waals surface area contributed by atoms with Crippen LogP contribution >= 0.6 is 0 Å². The third kappa shape index (κ3) is 3.31. The van der Waals surface area contributed by atoms with Crippen LogP contribution in [0.2, 0.25) is 0 Å². The summed E-state index contributed by atoms with van der Waals surface area (Å²) in [6.45, 7) is 0. The van der Waals surface area contributed by atoms with Crippen molar-refractivity contribution in [1.82, 2.24) is 4.98 Å². The number of benzene rings is 1. The van der Waals surface area contributed by atoms with Crippen molar-refractivity contribution in [2.75, 3.05) is 7.11 Å². The van der Waals surface area contributed by atoms with E-state index in [4.69, 9.17) is 4.74 Å². The molecule has 0 aliphatic heterocycles. The Morgan fingerprint density at radius 1 is 1.26 bits per heavy atom. The number of rotatable bonds is 5. The lowest BCUT2D eigenvalue weighted by Gasteiger charge is -2.12. The summed E-state index contributed by atoms with van der Waals surface area (Å²) < 4.78 is 5.02. The van der Waals surface area contributed by atoms with Crippen LogP contribution in [0, 0.1) is 0 Å². The molecule has 1 aromatic carbocycles. The first-order chi connectivity index (χ1) is 9.20. The third-order valence-corrected chi connectivity index (χ3v) is 2.93. The van der Waals surface area contributed by atoms with Crippen molar-refractivity contribution in [2.24, 2.45) is 0 Å². The highest BCUT2D eigenvalue weighted by atomic mass is 16.5. The summed E-state index contributed by atoms with van der Waals surface area (Å²) in [5.41, 5.74) is 1.52. The van der Waals surface area contributed by atoms with E-state index < -0.39 is 11.9 Å². The summed E-state index contributed by atoms with van der Waals surface area (Å²) >= 11 is 0. The molecule has 0 saturated heterocycles. The van der Waals surface area contributed by atoms with E-state index in [1.807, 2.05) is 30.3 Å². The maximum Gasteiger partial charge on any atom is 0.312 e. The Morgan fingerprint density at radius 2 is 2.00 bits per heavy atom. The molecule has 0 aliphatic rings. The number of aromatic nitrogens is 1. The van der Waals surface area contributed by atoms with Gasteiger partial charge in [0.1, 0.15) is 11.7 Å². The van der Waals surface area contributed by atoms with E-state index in [-0.39, 0.29) is 0 Å². The van der Waals surface area contributed by atoms with Crippen LogP contribution in [0.3, 0.4) is 0 Å². The lowest BCUT2D eigenvalue weighted by Crippen LogP contribution is -2.15. The first-order valence-corrected chi connectivity index (χ1v) is 5.97. The Balaban J connectivity index is 2.22. The van der Waals surface area contributed by atoms with Gasteiger partial charge in [0.05, 0.1) is 19.0 Å². The van der Waals surface area contributed by atoms with Crippen molar-refractivity contribution in [2.45, 2.75) is 12.3 Å². The number of hydrogen-bond donors (Lipinski definition) is 1. The zero-order valence-electron chi connectivity index (χ0n) is 10.6. The first kappa shape index (κ1) is 13.1. The molecule has 2 rings (SSSR count). The Hall–Kier alpha value is -2.36. The molecule has 0 spiro atoms. The number of carboxylic acid groups (broad SMARTS) is 1. The Labute approximate surface area is 111 Å². The van der Waals surface area contributed by atoms with Gasteiger partial charge >= 0.3 is 5.97 Å². The molecule has 4 nitrogen and oxygen atoms in total. The van der Waals surface area contributed by atoms with Gasteiger partial charge in [0.2, 0.25) is 0 Å². The van der Waals surface area contributed by atoms with E-state index in [0.717, 1.165) is 5.56 Å². The molecule has 19 heavy (non-hydrogen) atoms. The molecule has 1 N–H and O–H groups in total. The minimum absolute atomic E-state index is 0.426. The minimum atomic E-state index is -0.874. The van der Waals surface area contributed by atoms with Gasteiger partial charge in [-0.05, 0) is 24.1 Å². The van der Waals surface area contributed by atoms with E-state index in [2.05, 4.69) is 4.98 Å². The van der Waals surface area contributed by atoms with E-state index in [9.17, 15) is 9.90 Å². The van der Waals surface area contributed by atoms with Crippen molar-refractivity contribution in [3.63, 3.8) is 0 Å². The van der Waals surface area contributed by atoms with Crippen LogP contribution in [0.25, 0.3) is 0 Å². The van der Waals surface area contributed by atoms with Gasteiger partial charge in [-0.2, -0.15) is 0 Å². The van der Waals surface area contributed by atoms with E-state index in [1.54, 1.807) is 19.2 Å². The third-order valence-electron chi connectivity index (χ3n) is 2.93. The van der Waals surface area contributed by atoms with E-state index in [0.29, 0.717) is 17.9 Å². The van der Waals surface area contributed by atoms with Crippen LogP contribution < -0.4 is 4.74 Å². The molecular formula is C15H15NO3.